The van der Waals surface area contributed by atoms with E-state index in [0.29, 0.717) is 10.7 Å². The van der Waals surface area contributed by atoms with E-state index in [2.05, 4.69) is 16.0 Å². The van der Waals surface area contributed by atoms with Crippen LogP contribution in [0.5, 0.6) is 0 Å². The predicted octanol–water partition coefficient (Wildman–Crippen LogP) is 4.49. The molecule has 1 rings (SSSR count). The van der Waals surface area contributed by atoms with Crippen molar-refractivity contribution in [3.8, 4) is 0 Å². The van der Waals surface area contributed by atoms with Gasteiger partial charge in [-0.15, -0.1) is 0 Å². The molecule has 1 aromatic rings. The van der Waals surface area contributed by atoms with Gasteiger partial charge in [-0.3, -0.25) is 4.79 Å². The topological polar surface area (TPSA) is 53.2 Å². The Hall–Kier alpha value is -0.460. The van der Waals surface area contributed by atoms with E-state index in [1.54, 1.807) is 45.0 Å². The smallest absolute Gasteiger partial charge is 0.228 e. The molecule has 0 saturated heterocycles. The highest BCUT2D eigenvalue weighted by molar-refractivity contribution is 7.80. The van der Waals surface area contributed by atoms with Crippen LogP contribution >= 0.6 is 58.6 Å². The van der Waals surface area contributed by atoms with Crippen molar-refractivity contribution >= 4 is 75.3 Å². The third-order valence-electron chi connectivity index (χ3n) is 2.64. The maximum atomic E-state index is 12.1. The fraction of sp³-hybridized carbons (Fsp3) is 0.429. The number of carbonyl (C=O) groups is 1. The third kappa shape index (κ3) is 7.31. The van der Waals surface area contributed by atoms with Crippen molar-refractivity contribution in [3.05, 3.63) is 29.3 Å². The molecule has 0 spiro atoms. The van der Waals surface area contributed by atoms with E-state index in [-0.39, 0.29) is 11.0 Å². The number of carbonyl (C=O) groups excluding carboxylic acids is 1. The number of hydrogen-bond donors (Lipinski definition) is 3. The predicted molar refractivity (Wildman–Crippen MR) is 102 cm³/mol. The molecule has 0 fully saturated rings. The second-order valence-corrected chi connectivity index (χ2v) is 9.02. The molecule has 1 amide bonds. The van der Waals surface area contributed by atoms with E-state index in [0.717, 1.165) is 0 Å². The first kappa shape index (κ1) is 20.6. The van der Waals surface area contributed by atoms with Crippen molar-refractivity contribution in [1.82, 2.24) is 10.6 Å². The maximum Gasteiger partial charge on any atom is 0.228 e. The van der Waals surface area contributed by atoms with Crippen LogP contribution in [0.4, 0.5) is 5.69 Å². The molecule has 1 aromatic carbocycles. The number of hydrogen-bond acceptors (Lipinski definition) is 2. The molecule has 0 aliphatic heterocycles. The van der Waals surface area contributed by atoms with Gasteiger partial charge in [-0.05, 0) is 30.4 Å². The number of benzene rings is 1. The molecule has 128 valence electrons. The number of amides is 1. The average Bonchev–Trinajstić information content (AvgIpc) is 2.35. The molecular weight excluding hydrogens is 400 g/mol. The Morgan fingerprint density at radius 2 is 1.78 bits per heavy atom. The molecule has 1 atom stereocenters. The van der Waals surface area contributed by atoms with Gasteiger partial charge in [0, 0.05) is 16.1 Å². The first-order valence-corrected chi connectivity index (χ1v) is 8.52. The van der Waals surface area contributed by atoms with Crippen molar-refractivity contribution in [3.63, 3.8) is 0 Å². The fourth-order valence-electron chi connectivity index (χ4n) is 1.41. The zero-order chi connectivity index (χ0) is 17.8. The van der Waals surface area contributed by atoms with Crippen molar-refractivity contribution in [1.29, 1.82) is 0 Å². The minimum atomic E-state index is -1.79. The fourth-order valence-corrected chi connectivity index (χ4v) is 2.17. The van der Waals surface area contributed by atoms with Crippen molar-refractivity contribution in [2.45, 2.75) is 30.7 Å². The Kier molecular flexibility index (Phi) is 7.23. The van der Waals surface area contributed by atoms with Crippen LogP contribution < -0.4 is 16.0 Å². The summed E-state index contributed by atoms with van der Waals surface area (Å²) in [4.78, 5) is 12.1. The number of halogens is 4. The van der Waals surface area contributed by atoms with E-state index in [9.17, 15) is 4.79 Å². The van der Waals surface area contributed by atoms with Gasteiger partial charge in [-0.25, -0.2) is 0 Å². The summed E-state index contributed by atoms with van der Waals surface area (Å²) < 4.78 is -1.79. The quantitative estimate of drug-likeness (QED) is 0.386. The molecule has 23 heavy (non-hydrogen) atoms. The number of anilines is 1. The molecule has 4 nitrogen and oxygen atoms in total. The number of nitrogens with one attached hydrogen (secondary N) is 3. The van der Waals surface area contributed by atoms with Crippen molar-refractivity contribution < 1.29 is 4.79 Å². The largest absolute Gasteiger partial charge is 0.339 e. The van der Waals surface area contributed by atoms with E-state index in [4.69, 9.17) is 58.6 Å². The monoisotopic (exact) mass is 415 g/mol. The minimum Gasteiger partial charge on any atom is -0.339 e. The van der Waals surface area contributed by atoms with Crippen LogP contribution in [0.1, 0.15) is 20.8 Å². The Labute approximate surface area is 161 Å². The van der Waals surface area contributed by atoms with Gasteiger partial charge in [0.15, 0.2) is 5.11 Å². The van der Waals surface area contributed by atoms with Gasteiger partial charge in [0.2, 0.25) is 9.70 Å². The molecule has 0 saturated carbocycles. The number of rotatable bonds is 3. The van der Waals surface area contributed by atoms with Crippen LogP contribution in [0.25, 0.3) is 0 Å². The normalized spacial score (nSPS) is 13.2. The van der Waals surface area contributed by atoms with Crippen LogP contribution in [0, 0.1) is 5.41 Å². The molecule has 0 aliphatic rings. The summed E-state index contributed by atoms with van der Waals surface area (Å²) in [5.74, 6) is -0.285. The highest BCUT2D eigenvalue weighted by Crippen LogP contribution is 2.30. The van der Waals surface area contributed by atoms with Crippen LogP contribution in [-0.4, -0.2) is 21.0 Å². The lowest BCUT2D eigenvalue weighted by atomic mass is 9.95. The SMILES string of the molecule is CC(C)(C)C(=O)N[C@@H](NC(=S)Nc1cccc(Cl)c1)C(Cl)(Cl)Cl. The minimum absolute atomic E-state index is 0.179. The van der Waals surface area contributed by atoms with Crippen LogP contribution in [-0.2, 0) is 4.79 Å². The lowest BCUT2D eigenvalue weighted by molar-refractivity contribution is -0.129. The molecule has 0 heterocycles. The molecule has 0 bridgehead atoms. The molecule has 0 aliphatic carbocycles. The number of alkyl halides is 3. The zero-order valence-electron chi connectivity index (χ0n) is 12.7. The van der Waals surface area contributed by atoms with Gasteiger partial charge >= 0.3 is 0 Å². The third-order valence-corrected chi connectivity index (χ3v) is 3.75. The van der Waals surface area contributed by atoms with Crippen molar-refractivity contribution in [2.24, 2.45) is 5.41 Å². The average molecular weight is 417 g/mol. The maximum absolute atomic E-state index is 12.1. The Bertz CT molecular complexity index is 584. The Morgan fingerprint density at radius 1 is 1.17 bits per heavy atom. The summed E-state index contributed by atoms with van der Waals surface area (Å²) >= 11 is 28.8. The molecule has 9 heteroatoms. The lowest BCUT2D eigenvalue weighted by Gasteiger charge is -2.30. The highest BCUT2D eigenvalue weighted by atomic mass is 35.6. The molecule has 0 unspecified atom stereocenters. The van der Waals surface area contributed by atoms with Gasteiger partial charge < -0.3 is 16.0 Å². The van der Waals surface area contributed by atoms with Gasteiger partial charge in [0.05, 0.1) is 0 Å². The van der Waals surface area contributed by atoms with E-state index < -0.39 is 15.4 Å². The van der Waals surface area contributed by atoms with E-state index >= 15 is 0 Å². The Balaban J connectivity index is 2.78. The molecule has 0 aromatic heterocycles. The van der Waals surface area contributed by atoms with Crippen molar-refractivity contribution in [2.75, 3.05) is 5.32 Å². The first-order chi connectivity index (χ1) is 10.4. The van der Waals surface area contributed by atoms with Gasteiger partial charge in [0.1, 0.15) is 6.17 Å². The summed E-state index contributed by atoms with van der Waals surface area (Å²) in [7, 11) is 0. The van der Waals surface area contributed by atoms with Gasteiger partial charge in [-0.1, -0.05) is 73.2 Å². The molecule has 3 N–H and O–H groups in total. The summed E-state index contributed by atoms with van der Waals surface area (Å²) in [6, 6.07) is 6.96. The van der Waals surface area contributed by atoms with Gasteiger partial charge in [0.25, 0.3) is 0 Å². The summed E-state index contributed by atoms with van der Waals surface area (Å²) in [6.07, 6.45) is -1.00. The van der Waals surface area contributed by atoms with Crippen LogP contribution in [0.2, 0.25) is 5.02 Å². The summed E-state index contributed by atoms with van der Waals surface area (Å²) in [5, 5.41) is 9.04. The highest BCUT2D eigenvalue weighted by Gasteiger charge is 2.36. The first-order valence-electron chi connectivity index (χ1n) is 6.60. The standard InChI is InChI=1S/C14H17Cl4N3OS/c1-13(2,3)11(22)20-10(14(16,17)18)21-12(23)19-9-6-4-5-8(15)7-9/h4-7,10H,1-3H3,(H,20,22)(H2,19,21,23)/t10-/m0/s1. The van der Waals surface area contributed by atoms with Crippen LogP contribution in [0.3, 0.4) is 0 Å². The van der Waals surface area contributed by atoms with Gasteiger partial charge in [-0.2, -0.15) is 0 Å². The zero-order valence-corrected chi connectivity index (χ0v) is 16.6. The molecular formula is C14H17Cl4N3OS. The lowest BCUT2D eigenvalue weighted by Crippen LogP contribution is -2.58. The van der Waals surface area contributed by atoms with E-state index in [1.165, 1.54) is 0 Å². The van der Waals surface area contributed by atoms with Crippen LogP contribution in [0.15, 0.2) is 24.3 Å². The number of thiocarbonyl (C=S) groups is 1. The summed E-state index contributed by atoms with van der Waals surface area (Å²) in [5.41, 5.74) is 0.0258. The second-order valence-electron chi connectivity index (χ2n) is 5.81. The molecule has 0 radical (unpaired) electrons. The van der Waals surface area contributed by atoms with E-state index in [1.807, 2.05) is 0 Å². The second kappa shape index (κ2) is 8.08. The summed E-state index contributed by atoms with van der Waals surface area (Å²) in [6.45, 7) is 5.25. The Morgan fingerprint density at radius 3 is 2.26 bits per heavy atom.